The fourth-order valence-corrected chi connectivity index (χ4v) is 2.36. The summed E-state index contributed by atoms with van der Waals surface area (Å²) < 4.78 is 1.55. The van der Waals surface area contributed by atoms with Gasteiger partial charge in [0.05, 0.1) is 17.3 Å². The molecule has 0 spiro atoms. The molecule has 6 heteroatoms. The Morgan fingerprint density at radius 3 is 2.71 bits per heavy atom. The van der Waals surface area contributed by atoms with Crippen LogP contribution in [0.4, 0.5) is 0 Å². The average Bonchev–Trinajstić information content (AvgIpc) is 2.77. The number of hydrogen-bond donors (Lipinski definition) is 0. The number of carbonyl (C=O) groups excluding carboxylic acids is 1. The molecule has 0 radical (unpaired) electrons. The summed E-state index contributed by atoms with van der Waals surface area (Å²) in [6.45, 7) is 5.21. The highest BCUT2D eigenvalue weighted by atomic mass is 35.5. The van der Waals surface area contributed by atoms with Gasteiger partial charge in [0.2, 0.25) is 0 Å². The van der Waals surface area contributed by atoms with E-state index < -0.39 is 0 Å². The molecular weight excluding hydrogens is 288 g/mol. The summed E-state index contributed by atoms with van der Waals surface area (Å²) in [6, 6.07) is 5.67. The van der Waals surface area contributed by atoms with Gasteiger partial charge in [0, 0.05) is 26.0 Å². The number of halogens is 1. The Hall–Kier alpha value is -1.88. The Kier molecular flexibility index (Phi) is 4.96. The first-order valence-corrected chi connectivity index (χ1v) is 7.23. The lowest BCUT2D eigenvalue weighted by Crippen LogP contribution is -2.34. The van der Waals surface area contributed by atoms with Gasteiger partial charge in [-0.25, -0.2) is 0 Å². The summed E-state index contributed by atoms with van der Waals surface area (Å²) >= 11 is 6.08. The van der Waals surface area contributed by atoms with E-state index in [1.54, 1.807) is 29.0 Å². The molecule has 0 atom stereocenters. The van der Waals surface area contributed by atoms with Crippen LogP contribution in [-0.2, 0) is 13.6 Å². The van der Waals surface area contributed by atoms with Crippen molar-refractivity contribution in [1.29, 1.82) is 0 Å². The predicted octanol–water partition coefficient (Wildman–Crippen LogP) is 2.77. The molecule has 0 aliphatic heterocycles. The summed E-state index contributed by atoms with van der Waals surface area (Å²) in [5.74, 6) is 0.181. The quantitative estimate of drug-likeness (QED) is 0.853. The second-order valence-electron chi connectivity index (χ2n) is 5.40. The SMILES string of the molecule is CC(C)CN(Cc1ccccn1)C(=O)c1nn(C)cc1Cl. The number of pyridine rings is 1. The van der Waals surface area contributed by atoms with E-state index in [4.69, 9.17) is 11.6 Å². The van der Waals surface area contributed by atoms with Crippen molar-refractivity contribution in [1.82, 2.24) is 19.7 Å². The van der Waals surface area contributed by atoms with Gasteiger partial charge in [0.1, 0.15) is 0 Å². The van der Waals surface area contributed by atoms with Crippen molar-refractivity contribution in [2.24, 2.45) is 13.0 Å². The van der Waals surface area contributed by atoms with Crippen molar-refractivity contribution in [3.8, 4) is 0 Å². The molecule has 2 rings (SSSR count). The Bertz CT molecular complexity index is 609. The lowest BCUT2D eigenvalue weighted by molar-refractivity contribution is 0.0714. The summed E-state index contributed by atoms with van der Waals surface area (Å²) in [4.78, 5) is 18.7. The highest BCUT2D eigenvalue weighted by molar-refractivity contribution is 6.33. The number of nitrogens with zero attached hydrogens (tertiary/aromatic N) is 4. The summed E-state index contributed by atoms with van der Waals surface area (Å²) in [5.41, 5.74) is 1.13. The van der Waals surface area contributed by atoms with Crippen molar-refractivity contribution in [2.75, 3.05) is 6.54 Å². The second kappa shape index (κ2) is 6.72. The minimum absolute atomic E-state index is 0.167. The third-order valence-corrected chi connectivity index (χ3v) is 3.22. The molecule has 0 aliphatic rings. The molecule has 2 aromatic heterocycles. The molecule has 2 aromatic rings. The van der Waals surface area contributed by atoms with E-state index in [-0.39, 0.29) is 11.6 Å². The zero-order valence-corrected chi connectivity index (χ0v) is 13.2. The fourth-order valence-electron chi connectivity index (χ4n) is 2.10. The zero-order chi connectivity index (χ0) is 15.4. The normalized spacial score (nSPS) is 10.9. The third kappa shape index (κ3) is 4.04. The molecule has 112 valence electrons. The molecule has 5 nitrogen and oxygen atoms in total. The topological polar surface area (TPSA) is 51.0 Å². The largest absolute Gasteiger partial charge is 0.331 e. The first-order valence-electron chi connectivity index (χ1n) is 6.85. The van der Waals surface area contributed by atoms with E-state index >= 15 is 0 Å². The first kappa shape index (κ1) is 15.5. The molecule has 1 amide bonds. The van der Waals surface area contributed by atoms with E-state index in [0.29, 0.717) is 24.0 Å². The number of aromatic nitrogens is 3. The van der Waals surface area contributed by atoms with Crippen LogP contribution in [0.2, 0.25) is 5.02 Å². The van der Waals surface area contributed by atoms with E-state index in [1.807, 2.05) is 18.2 Å². The average molecular weight is 307 g/mol. The van der Waals surface area contributed by atoms with Gasteiger partial charge in [0.15, 0.2) is 5.69 Å². The van der Waals surface area contributed by atoms with Crippen molar-refractivity contribution < 1.29 is 4.79 Å². The first-order chi connectivity index (χ1) is 9.97. The van der Waals surface area contributed by atoms with Crippen molar-refractivity contribution in [3.63, 3.8) is 0 Å². The number of carbonyl (C=O) groups is 1. The minimum Gasteiger partial charge on any atom is -0.331 e. The smallest absolute Gasteiger partial charge is 0.276 e. The van der Waals surface area contributed by atoms with Crippen LogP contribution in [0, 0.1) is 5.92 Å². The molecule has 2 heterocycles. The van der Waals surface area contributed by atoms with Crippen molar-refractivity contribution in [2.45, 2.75) is 20.4 Å². The van der Waals surface area contributed by atoms with Crippen LogP contribution in [0.25, 0.3) is 0 Å². The maximum absolute atomic E-state index is 12.7. The molecule has 0 saturated heterocycles. The standard InChI is InChI=1S/C15H19ClN4O/c1-11(2)8-20(9-12-6-4-5-7-17-12)15(21)14-13(16)10-19(3)18-14/h4-7,10-11H,8-9H2,1-3H3. The molecule has 0 aliphatic carbocycles. The van der Waals surface area contributed by atoms with Crippen molar-refractivity contribution in [3.05, 3.63) is 47.0 Å². The minimum atomic E-state index is -0.167. The van der Waals surface area contributed by atoms with Crippen LogP contribution >= 0.6 is 11.6 Å². The highest BCUT2D eigenvalue weighted by Gasteiger charge is 2.22. The maximum atomic E-state index is 12.7. The molecule has 0 aromatic carbocycles. The summed E-state index contributed by atoms with van der Waals surface area (Å²) in [6.07, 6.45) is 3.35. The number of rotatable bonds is 5. The van der Waals surface area contributed by atoms with Crippen LogP contribution in [-0.4, -0.2) is 32.1 Å². The van der Waals surface area contributed by atoms with Gasteiger partial charge in [-0.15, -0.1) is 0 Å². The Labute approximate surface area is 129 Å². The molecule has 21 heavy (non-hydrogen) atoms. The molecule has 0 saturated carbocycles. The predicted molar refractivity (Wildman–Crippen MR) is 82.0 cm³/mol. The van der Waals surface area contributed by atoms with Gasteiger partial charge < -0.3 is 4.90 Å². The van der Waals surface area contributed by atoms with Crippen molar-refractivity contribution >= 4 is 17.5 Å². The second-order valence-corrected chi connectivity index (χ2v) is 5.81. The molecular formula is C15H19ClN4O. The van der Waals surface area contributed by atoms with Gasteiger partial charge >= 0.3 is 0 Å². The van der Waals surface area contributed by atoms with Gasteiger partial charge in [-0.2, -0.15) is 5.10 Å². The van der Waals surface area contributed by atoms with Gasteiger partial charge in [-0.05, 0) is 18.1 Å². The summed E-state index contributed by atoms with van der Waals surface area (Å²) in [5, 5.41) is 4.53. The van der Waals surface area contributed by atoms with Gasteiger partial charge in [0.25, 0.3) is 5.91 Å². The van der Waals surface area contributed by atoms with Crippen LogP contribution in [0.15, 0.2) is 30.6 Å². The van der Waals surface area contributed by atoms with Crippen LogP contribution in [0.3, 0.4) is 0 Å². The number of aryl methyl sites for hydroxylation is 1. The van der Waals surface area contributed by atoms with Gasteiger partial charge in [-0.3, -0.25) is 14.5 Å². The molecule has 0 fully saturated rings. The highest BCUT2D eigenvalue weighted by Crippen LogP contribution is 2.17. The zero-order valence-electron chi connectivity index (χ0n) is 12.5. The van der Waals surface area contributed by atoms with E-state index in [0.717, 1.165) is 5.69 Å². The molecule has 0 bridgehead atoms. The Morgan fingerprint density at radius 1 is 1.43 bits per heavy atom. The number of amides is 1. The third-order valence-electron chi connectivity index (χ3n) is 2.94. The van der Waals surface area contributed by atoms with Crippen LogP contribution in [0.5, 0.6) is 0 Å². The monoisotopic (exact) mass is 306 g/mol. The van der Waals surface area contributed by atoms with E-state index in [2.05, 4.69) is 23.9 Å². The lowest BCUT2D eigenvalue weighted by Gasteiger charge is -2.23. The van der Waals surface area contributed by atoms with Crippen LogP contribution < -0.4 is 0 Å². The van der Waals surface area contributed by atoms with E-state index in [1.165, 1.54) is 0 Å². The van der Waals surface area contributed by atoms with Crippen LogP contribution in [0.1, 0.15) is 30.0 Å². The summed E-state index contributed by atoms with van der Waals surface area (Å²) in [7, 11) is 1.74. The number of hydrogen-bond acceptors (Lipinski definition) is 3. The molecule has 0 N–H and O–H groups in total. The van der Waals surface area contributed by atoms with E-state index in [9.17, 15) is 4.79 Å². The van der Waals surface area contributed by atoms with Gasteiger partial charge in [-0.1, -0.05) is 31.5 Å². The Balaban J connectivity index is 2.23. The molecule has 0 unspecified atom stereocenters. The fraction of sp³-hybridized carbons (Fsp3) is 0.400. The lowest BCUT2D eigenvalue weighted by atomic mass is 10.2. The Morgan fingerprint density at radius 2 is 2.19 bits per heavy atom. The maximum Gasteiger partial charge on any atom is 0.276 e.